The van der Waals surface area contributed by atoms with Gasteiger partial charge in [0.25, 0.3) is 0 Å². The fourth-order valence-corrected chi connectivity index (χ4v) is 7.58. The maximum Gasteiger partial charge on any atom is 0.494 e. The van der Waals surface area contributed by atoms with Crippen molar-refractivity contribution in [1.29, 1.82) is 0 Å². The highest BCUT2D eigenvalue weighted by Gasteiger charge is 2.39. The van der Waals surface area contributed by atoms with Gasteiger partial charge in [-0.1, -0.05) is 19.6 Å². The highest BCUT2D eigenvalue weighted by atomic mass is 28.4. The maximum absolute atomic E-state index is 9.69. The summed E-state index contributed by atoms with van der Waals surface area (Å²) < 4.78 is 9.94. The fourth-order valence-electron chi connectivity index (χ4n) is 0.898. The van der Waals surface area contributed by atoms with Gasteiger partial charge in [0.05, 0.1) is 0 Å². The molecule has 0 atom stereocenters. The minimum Gasteiger partial charge on any atom is -0.390 e. The fraction of sp³-hybridized carbons (Fsp3) is 1.00. The average Bonchev–Trinajstić information content (AvgIpc) is 1.84. The summed E-state index contributed by atoms with van der Waals surface area (Å²) in [5.41, 5.74) is 0.729. The molecule has 0 bridgehead atoms. The van der Waals surface area contributed by atoms with Gasteiger partial charge in [-0.3, -0.25) is 0 Å². The normalized spacial score (nSPS) is 13.6. The summed E-state index contributed by atoms with van der Waals surface area (Å²) in [5, 5.41) is 0. The zero-order valence-corrected chi connectivity index (χ0v) is 9.97. The molecule has 0 spiro atoms. The molecule has 0 aromatic heterocycles. The Hall–Kier alpha value is 0.314. The largest absolute Gasteiger partial charge is 0.494 e. The smallest absolute Gasteiger partial charge is 0.390 e. The van der Waals surface area contributed by atoms with Crippen molar-refractivity contribution in [3.63, 3.8) is 0 Å². The van der Waals surface area contributed by atoms with E-state index in [9.17, 15) is 4.80 Å². The SMILES string of the molecule is CO[Si](O)(C[Si](C)(C)C)OC. The van der Waals surface area contributed by atoms with Crippen molar-refractivity contribution in [2.24, 2.45) is 0 Å². The van der Waals surface area contributed by atoms with Gasteiger partial charge < -0.3 is 13.6 Å². The Labute approximate surface area is 70.7 Å². The molecule has 0 heterocycles. The van der Waals surface area contributed by atoms with E-state index in [1.54, 1.807) is 0 Å². The first-order valence-corrected chi connectivity index (χ1v) is 9.33. The lowest BCUT2D eigenvalue weighted by molar-refractivity contribution is 0.157. The van der Waals surface area contributed by atoms with E-state index < -0.39 is 16.9 Å². The minimum atomic E-state index is -2.77. The lowest BCUT2D eigenvalue weighted by Gasteiger charge is -2.26. The van der Waals surface area contributed by atoms with Crippen LogP contribution in [0.5, 0.6) is 0 Å². The van der Waals surface area contributed by atoms with Crippen LogP contribution in [0, 0.1) is 0 Å². The van der Waals surface area contributed by atoms with E-state index in [1.165, 1.54) is 14.2 Å². The highest BCUT2D eigenvalue weighted by molar-refractivity contribution is 6.88. The quantitative estimate of drug-likeness (QED) is 0.681. The van der Waals surface area contributed by atoms with Gasteiger partial charge in [-0.25, -0.2) is 0 Å². The predicted octanol–water partition coefficient (Wildman–Crippen LogP) is 1.09. The van der Waals surface area contributed by atoms with Crippen molar-refractivity contribution < 1.29 is 13.6 Å². The molecule has 0 fully saturated rings. The van der Waals surface area contributed by atoms with Crippen LogP contribution in [-0.2, 0) is 8.85 Å². The average molecular weight is 194 g/mol. The first-order valence-electron chi connectivity index (χ1n) is 3.66. The summed E-state index contributed by atoms with van der Waals surface area (Å²) in [6.07, 6.45) is 0. The second-order valence-corrected chi connectivity index (χ2v) is 12.6. The Morgan fingerprint density at radius 1 is 1.09 bits per heavy atom. The zero-order chi connectivity index (χ0) is 9.12. The molecular formula is C6H18O3Si2. The van der Waals surface area contributed by atoms with E-state index in [4.69, 9.17) is 8.85 Å². The van der Waals surface area contributed by atoms with Gasteiger partial charge in [-0.2, -0.15) is 0 Å². The molecule has 0 aromatic carbocycles. The summed E-state index contributed by atoms with van der Waals surface area (Å²) in [6.45, 7) is 6.55. The minimum absolute atomic E-state index is 0.729. The molecule has 5 heteroatoms. The first kappa shape index (κ1) is 11.3. The van der Waals surface area contributed by atoms with Gasteiger partial charge in [0.15, 0.2) is 0 Å². The Bertz CT molecular complexity index is 117. The second kappa shape index (κ2) is 3.82. The van der Waals surface area contributed by atoms with Crippen LogP contribution < -0.4 is 0 Å². The Morgan fingerprint density at radius 3 is 1.55 bits per heavy atom. The number of hydrogen-bond donors (Lipinski definition) is 1. The second-order valence-electron chi connectivity index (χ2n) is 3.86. The van der Waals surface area contributed by atoms with Crippen LogP contribution in [0.4, 0.5) is 0 Å². The lowest BCUT2D eigenvalue weighted by Crippen LogP contribution is -2.47. The molecule has 0 aliphatic rings. The van der Waals surface area contributed by atoms with Gasteiger partial charge in [-0.05, 0) is 0 Å². The third-order valence-corrected chi connectivity index (χ3v) is 8.70. The van der Waals surface area contributed by atoms with Crippen molar-refractivity contribution in [2.75, 3.05) is 14.2 Å². The van der Waals surface area contributed by atoms with Crippen LogP contribution in [0.2, 0.25) is 25.3 Å². The van der Waals surface area contributed by atoms with Crippen LogP contribution in [0.1, 0.15) is 0 Å². The van der Waals surface area contributed by atoms with Crippen molar-refractivity contribution in [3.05, 3.63) is 0 Å². The molecule has 0 saturated heterocycles. The van der Waals surface area contributed by atoms with Gasteiger partial charge >= 0.3 is 8.80 Å². The van der Waals surface area contributed by atoms with Gasteiger partial charge in [0, 0.05) is 28.0 Å². The van der Waals surface area contributed by atoms with Gasteiger partial charge in [0.2, 0.25) is 0 Å². The molecule has 0 aromatic rings. The number of hydrogen-bond acceptors (Lipinski definition) is 3. The van der Waals surface area contributed by atoms with Crippen LogP contribution in [0.3, 0.4) is 0 Å². The molecular weight excluding hydrogens is 176 g/mol. The van der Waals surface area contributed by atoms with Gasteiger partial charge in [0.1, 0.15) is 0 Å². The van der Waals surface area contributed by atoms with E-state index in [-0.39, 0.29) is 0 Å². The monoisotopic (exact) mass is 194 g/mol. The van der Waals surface area contributed by atoms with Crippen LogP contribution >= 0.6 is 0 Å². The first-order chi connectivity index (χ1) is 4.83. The third kappa shape index (κ3) is 4.70. The van der Waals surface area contributed by atoms with Crippen LogP contribution in [-0.4, -0.2) is 35.9 Å². The Morgan fingerprint density at radius 2 is 1.45 bits per heavy atom. The summed E-state index contributed by atoms with van der Waals surface area (Å²) in [6, 6.07) is 0. The van der Waals surface area contributed by atoms with E-state index in [1.807, 2.05) is 0 Å². The molecule has 0 radical (unpaired) electrons. The predicted molar refractivity (Wildman–Crippen MR) is 50.1 cm³/mol. The van der Waals surface area contributed by atoms with Crippen molar-refractivity contribution in [3.8, 4) is 0 Å². The van der Waals surface area contributed by atoms with Gasteiger partial charge in [-0.15, -0.1) is 0 Å². The summed E-state index contributed by atoms with van der Waals surface area (Å²) in [7, 11) is -1.02. The third-order valence-electron chi connectivity index (χ3n) is 1.39. The standard InChI is InChI=1S/C6H18O3Si2/c1-8-11(7,9-2)6-10(3,4)5/h7H,6H2,1-5H3. The molecule has 1 N–H and O–H groups in total. The van der Waals surface area contributed by atoms with Crippen molar-refractivity contribution in [1.82, 2.24) is 0 Å². The molecule has 0 rings (SSSR count). The number of rotatable bonds is 4. The molecule has 0 aliphatic carbocycles. The maximum atomic E-state index is 9.69. The summed E-state index contributed by atoms with van der Waals surface area (Å²) in [4.78, 5) is 9.69. The molecule has 0 amide bonds. The van der Waals surface area contributed by atoms with E-state index in [2.05, 4.69) is 19.6 Å². The topological polar surface area (TPSA) is 38.7 Å². The molecule has 11 heavy (non-hydrogen) atoms. The zero-order valence-electron chi connectivity index (χ0n) is 7.97. The van der Waals surface area contributed by atoms with Crippen LogP contribution in [0.25, 0.3) is 0 Å². The van der Waals surface area contributed by atoms with Crippen molar-refractivity contribution >= 4 is 16.9 Å². The van der Waals surface area contributed by atoms with Crippen LogP contribution in [0.15, 0.2) is 0 Å². The lowest BCUT2D eigenvalue weighted by atomic mass is 11.7. The molecule has 68 valence electrons. The summed E-state index contributed by atoms with van der Waals surface area (Å²) in [5.74, 6) is 0. The van der Waals surface area contributed by atoms with E-state index >= 15 is 0 Å². The van der Waals surface area contributed by atoms with E-state index in [0.29, 0.717) is 0 Å². The molecule has 0 aliphatic heterocycles. The molecule has 3 nitrogen and oxygen atoms in total. The Kier molecular flexibility index (Phi) is 3.92. The summed E-state index contributed by atoms with van der Waals surface area (Å²) >= 11 is 0. The highest BCUT2D eigenvalue weighted by Crippen LogP contribution is 2.17. The van der Waals surface area contributed by atoms with E-state index in [0.717, 1.165) is 5.67 Å². The van der Waals surface area contributed by atoms with Crippen molar-refractivity contribution in [2.45, 2.75) is 25.3 Å². The Balaban J connectivity index is 4.08. The molecule has 0 unspecified atom stereocenters. The molecule has 0 saturated carbocycles.